The molecule has 1 heterocycles. The number of nitrogens with one attached hydrogen (secondary N) is 1. The lowest BCUT2D eigenvalue weighted by Crippen LogP contribution is -2.16. The molecule has 1 aliphatic carbocycles. The fraction of sp³-hybridized carbons (Fsp3) is 0.556. The summed E-state index contributed by atoms with van der Waals surface area (Å²) in [5.74, 6) is 0.205. The highest BCUT2D eigenvalue weighted by atomic mass is 19.1. The van der Waals surface area contributed by atoms with Crippen LogP contribution >= 0.6 is 0 Å². The Morgan fingerprint density at radius 1 is 1.69 bits per heavy atom. The van der Waals surface area contributed by atoms with E-state index in [4.69, 9.17) is 0 Å². The van der Waals surface area contributed by atoms with Gasteiger partial charge in [-0.3, -0.25) is 4.79 Å². The predicted molar refractivity (Wildman–Crippen MR) is 46.3 cm³/mol. The van der Waals surface area contributed by atoms with Crippen LogP contribution in [0.15, 0.2) is 10.9 Å². The number of halogens is 1. The summed E-state index contributed by atoms with van der Waals surface area (Å²) in [6, 6.07) is 1.41. The van der Waals surface area contributed by atoms with Crippen LogP contribution in [0.2, 0.25) is 0 Å². The first kappa shape index (κ1) is 8.41. The zero-order valence-corrected chi connectivity index (χ0v) is 7.43. The second kappa shape index (κ2) is 2.65. The Hall–Kier alpha value is -1.19. The van der Waals surface area contributed by atoms with Crippen LogP contribution in [-0.2, 0) is 12.1 Å². The average Bonchev–Trinajstić information content (AvgIpc) is 2.84. The molecule has 70 valence electrons. The maximum Gasteiger partial charge on any atom is 0.251 e. The zero-order chi connectivity index (χ0) is 9.47. The molecule has 1 aliphatic rings. The molecule has 1 aromatic rings. The van der Waals surface area contributed by atoms with Crippen LogP contribution in [0.1, 0.15) is 31.3 Å². The zero-order valence-electron chi connectivity index (χ0n) is 7.43. The van der Waals surface area contributed by atoms with Gasteiger partial charge in [0, 0.05) is 11.8 Å². The maximum absolute atomic E-state index is 13.5. The monoisotopic (exact) mass is 182 g/mol. The third kappa shape index (κ3) is 1.48. The molecule has 2 rings (SSSR count). The van der Waals surface area contributed by atoms with Crippen molar-refractivity contribution in [2.24, 2.45) is 0 Å². The number of H-pyrrole nitrogens is 1. The fourth-order valence-electron chi connectivity index (χ4n) is 1.25. The number of hydrogen-bond donors (Lipinski definition) is 1. The van der Waals surface area contributed by atoms with E-state index in [9.17, 15) is 9.18 Å². The number of alkyl halides is 1. The van der Waals surface area contributed by atoms with Crippen LogP contribution in [0.3, 0.4) is 0 Å². The van der Waals surface area contributed by atoms with E-state index in [2.05, 4.69) is 9.97 Å². The Morgan fingerprint density at radius 3 is 2.92 bits per heavy atom. The Labute approximate surface area is 75.0 Å². The van der Waals surface area contributed by atoms with Crippen molar-refractivity contribution < 1.29 is 4.39 Å². The summed E-state index contributed by atoms with van der Waals surface area (Å²) in [4.78, 5) is 17.6. The van der Waals surface area contributed by atoms with Gasteiger partial charge in [-0.2, -0.15) is 0 Å². The lowest BCUT2D eigenvalue weighted by molar-refractivity contribution is 0.299. The molecule has 1 fully saturated rings. The van der Waals surface area contributed by atoms with Crippen molar-refractivity contribution in [1.29, 1.82) is 0 Å². The topological polar surface area (TPSA) is 45.8 Å². The third-order valence-corrected chi connectivity index (χ3v) is 2.27. The Morgan fingerprint density at radius 2 is 2.38 bits per heavy atom. The number of rotatable bonds is 2. The minimum Gasteiger partial charge on any atom is -0.308 e. The van der Waals surface area contributed by atoms with Gasteiger partial charge in [0.15, 0.2) is 5.67 Å². The molecule has 0 radical (unpaired) electrons. The number of nitrogens with zero attached hydrogens (tertiary/aromatic N) is 1. The molecule has 0 aliphatic heterocycles. The van der Waals surface area contributed by atoms with E-state index >= 15 is 0 Å². The van der Waals surface area contributed by atoms with Crippen LogP contribution in [0.4, 0.5) is 4.39 Å². The second-order valence-corrected chi connectivity index (χ2v) is 3.40. The van der Waals surface area contributed by atoms with Gasteiger partial charge in [-0.25, -0.2) is 9.37 Å². The highest BCUT2D eigenvalue weighted by Crippen LogP contribution is 2.47. The van der Waals surface area contributed by atoms with E-state index in [0.717, 1.165) is 0 Å². The van der Waals surface area contributed by atoms with Gasteiger partial charge in [-0.15, -0.1) is 0 Å². The fourth-order valence-corrected chi connectivity index (χ4v) is 1.25. The quantitative estimate of drug-likeness (QED) is 0.749. The molecule has 3 nitrogen and oxygen atoms in total. The molecule has 4 heteroatoms. The second-order valence-electron chi connectivity index (χ2n) is 3.40. The van der Waals surface area contributed by atoms with Crippen LogP contribution in [0.25, 0.3) is 0 Å². The van der Waals surface area contributed by atoms with E-state index in [1.54, 1.807) is 0 Å². The minimum absolute atomic E-state index is 0.205. The lowest BCUT2D eigenvalue weighted by Gasteiger charge is -2.04. The Bertz CT molecular complexity index is 381. The number of aromatic amines is 1. The average molecular weight is 182 g/mol. The molecule has 1 aromatic heterocycles. The van der Waals surface area contributed by atoms with Gasteiger partial charge in [-0.1, -0.05) is 6.92 Å². The SMILES string of the molecule is CCc1cc(=O)[nH]c(C2(F)CC2)n1. The summed E-state index contributed by atoms with van der Waals surface area (Å²) in [5.41, 5.74) is -0.946. The molecule has 0 unspecified atom stereocenters. The smallest absolute Gasteiger partial charge is 0.251 e. The maximum atomic E-state index is 13.5. The molecule has 0 aromatic carbocycles. The van der Waals surface area contributed by atoms with Gasteiger partial charge in [0.05, 0.1) is 0 Å². The molecular formula is C9H11FN2O. The molecular weight excluding hydrogens is 171 g/mol. The summed E-state index contributed by atoms with van der Waals surface area (Å²) in [6.07, 6.45) is 1.61. The van der Waals surface area contributed by atoms with Crippen LogP contribution in [-0.4, -0.2) is 9.97 Å². The molecule has 1 N–H and O–H groups in total. The van der Waals surface area contributed by atoms with Crippen LogP contribution in [0.5, 0.6) is 0 Å². The molecule has 0 saturated heterocycles. The molecule has 0 bridgehead atoms. The Kier molecular flexibility index (Phi) is 1.71. The molecule has 0 spiro atoms. The molecule has 0 atom stereocenters. The number of aromatic nitrogens is 2. The number of hydrogen-bond acceptors (Lipinski definition) is 2. The minimum atomic E-state index is -1.34. The van der Waals surface area contributed by atoms with Gasteiger partial charge < -0.3 is 4.98 Å². The van der Waals surface area contributed by atoms with Crippen molar-refractivity contribution in [3.63, 3.8) is 0 Å². The summed E-state index contributed by atoms with van der Waals surface area (Å²) in [5, 5.41) is 0. The van der Waals surface area contributed by atoms with E-state index in [1.807, 2.05) is 6.92 Å². The summed E-state index contributed by atoms with van der Waals surface area (Å²) in [7, 11) is 0. The van der Waals surface area contributed by atoms with Gasteiger partial charge in [0.1, 0.15) is 5.82 Å². The molecule has 13 heavy (non-hydrogen) atoms. The number of aryl methyl sites for hydroxylation is 1. The van der Waals surface area contributed by atoms with E-state index in [0.29, 0.717) is 25.0 Å². The first-order chi connectivity index (χ1) is 6.14. The Balaban J connectivity index is 2.46. The highest BCUT2D eigenvalue weighted by molar-refractivity contribution is 5.14. The van der Waals surface area contributed by atoms with Crippen LogP contribution < -0.4 is 5.56 Å². The highest BCUT2D eigenvalue weighted by Gasteiger charge is 2.47. The van der Waals surface area contributed by atoms with Crippen molar-refractivity contribution in [3.05, 3.63) is 27.9 Å². The molecule has 0 amide bonds. The molecule has 1 saturated carbocycles. The van der Waals surface area contributed by atoms with E-state index in [1.165, 1.54) is 6.07 Å². The van der Waals surface area contributed by atoms with E-state index in [-0.39, 0.29) is 11.4 Å². The van der Waals surface area contributed by atoms with Crippen molar-refractivity contribution in [2.45, 2.75) is 31.9 Å². The lowest BCUT2D eigenvalue weighted by atomic mass is 10.3. The van der Waals surface area contributed by atoms with Crippen molar-refractivity contribution >= 4 is 0 Å². The van der Waals surface area contributed by atoms with Gasteiger partial charge in [-0.05, 0) is 19.3 Å². The largest absolute Gasteiger partial charge is 0.308 e. The summed E-state index contributed by atoms with van der Waals surface area (Å²) in [6.45, 7) is 1.89. The van der Waals surface area contributed by atoms with Crippen molar-refractivity contribution in [2.75, 3.05) is 0 Å². The van der Waals surface area contributed by atoms with Crippen molar-refractivity contribution in [3.8, 4) is 0 Å². The summed E-state index contributed by atoms with van der Waals surface area (Å²) < 4.78 is 13.5. The normalized spacial score (nSPS) is 18.6. The summed E-state index contributed by atoms with van der Waals surface area (Å²) >= 11 is 0. The predicted octanol–water partition coefficient (Wildman–Crippen LogP) is 1.29. The third-order valence-electron chi connectivity index (χ3n) is 2.27. The van der Waals surface area contributed by atoms with Gasteiger partial charge in [0.2, 0.25) is 0 Å². The standard InChI is InChI=1S/C9H11FN2O/c1-2-6-5-7(13)12-8(11-6)9(10)3-4-9/h5H,2-4H2,1H3,(H,11,12,13). The van der Waals surface area contributed by atoms with Crippen molar-refractivity contribution in [1.82, 2.24) is 9.97 Å². The van der Waals surface area contributed by atoms with Gasteiger partial charge >= 0.3 is 0 Å². The first-order valence-corrected chi connectivity index (χ1v) is 4.44. The van der Waals surface area contributed by atoms with Crippen LogP contribution in [0, 0.1) is 0 Å². The first-order valence-electron chi connectivity index (χ1n) is 4.44. The van der Waals surface area contributed by atoms with E-state index < -0.39 is 5.67 Å². The van der Waals surface area contributed by atoms with Gasteiger partial charge in [0.25, 0.3) is 5.56 Å².